The van der Waals surface area contributed by atoms with Crippen molar-refractivity contribution in [2.75, 3.05) is 17.4 Å². The Morgan fingerprint density at radius 1 is 1.00 bits per heavy atom. The summed E-state index contributed by atoms with van der Waals surface area (Å²) in [6.07, 6.45) is 5.08. The van der Waals surface area contributed by atoms with E-state index in [4.69, 9.17) is 4.74 Å². The molecule has 0 unspecified atom stereocenters. The third-order valence-corrected chi connectivity index (χ3v) is 10.9. The lowest BCUT2D eigenvalue weighted by molar-refractivity contribution is -0.123. The Morgan fingerprint density at radius 2 is 1.73 bits per heavy atom. The second-order valence-corrected chi connectivity index (χ2v) is 19.0. The maximum Gasteiger partial charge on any atom is 0.329 e. The van der Waals surface area contributed by atoms with Crippen LogP contribution < -0.4 is 14.4 Å². The van der Waals surface area contributed by atoms with Gasteiger partial charge in [0.05, 0.1) is 5.69 Å². The van der Waals surface area contributed by atoms with Crippen molar-refractivity contribution >= 4 is 36.0 Å². The molecule has 210 valence electrons. The van der Waals surface area contributed by atoms with E-state index in [1.165, 1.54) is 15.4 Å². The molecule has 0 aromatic heterocycles. The summed E-state index contributed by atoms with van der Waals surface area (Å²) in [5, 5.41) is 3.56. The minimum atomic E-state index is -4.00. The highest BCUT2D eigenvalue weighted by molar-refractivity contribution is 7.91. The van der Waals surface area contributed by atoms with Gasteiger partial charge in [0, 0.05) is 27.2 Å². The molecule has 5 rings (SSSR count). The molecule has 3 aromatic rings. The van der Waals surface area contributed by atoms with Crippen LogP contribution in [0.2, 0.25) is 25.7 Å². The Labute approximate surface area is 238 Å². The van der Waals surface area contributed by atoms with Crippen LogP contribution in [0.1, 0.15) is 22.3 Å². The van der Waals surface area contributed by atoms with Crippen molar-refractivity contribution in [2.45, 2.75) is 51.3 Å². The SMILES string of the molecule is C[Si](C)(C)CCN1C(=O)CN(c2ccc(C=C[C@@H]3Cc4ccccc4CN3)cc2OCc2ccccc2)S1(=O)=O. The molecule has 1 saturated heterocycles. The quantitative estimate of drug-likeness (QED) is 0.354. The zero-order chi connectivity index (χ0) is 28.3. The number of ether oxygens (including phenoxy) is 1. The molecule has 0 bridgehead atoms. The number of nitrogens with one attached hydrogen (secondary N) is 1. The Bertz CT molecular complexity index is 1500. The normalized spacial score (nSPS) is 18.8. The molecule has 1 atom stereocenters. The van der Waals surface area contributed by atoms with Gasteiger partial charge < -0.3 is 10.1 Å². The van der Waals surface area contributed by atoms with E-state index in [0.29, 0.717) is 17.5 Å². The molecule has 0 saturated carbocycles. The average molecular weight is 576 g/mol. The van der Waals surface area contributed by atoms with Gasteiger partial charge in [-0.1, -0.05) is 92.5 Å². The fourth-order valence-electron chi connectivity index (χ4n) is 4.95. The lowest BCUT2D eigenvalue weighted by Crippen LogP contribution is -2.37. The number of anilines is 1. The van der Waals surface area contributed by atoms with Crippen LogP contribution in [-0.2, 0) is 34.6 Å². The zero-order valence-corrected chi connectivity index (χ0v) is 25.2. The first-order chi connectivity index (χ1) is 19.1. The largest absolute Gasteiger partial charge is 0.487 e. The minimum absolute atomic E-state index is 0.194. The monoisotopic (exact) mass is 575 g/mol. The van der Waals surface area contributed by atoms with Crippen molar-refractivity contribution in [3.8, 4) is 5.75 Å². The number of amides is 1. The van der Waals surface area contributed by atoms with E-state index in [0.717, 1.165) is 28.4 Å². The van der Waals surface area contributed by atoms with Crippen LogP contribution in [0.5, 0.6) is 5.75 Å². The molecule has 0 spiro atoms. The second-order valence-electron chi connectivity index (χ2n) is 11.6. The Kier molecular flexibility index (Phi) is 8.16. The Balaban J connectivity index is 1.40. The van der Waals surface area contributed by atoms with Gasteiger partial charge in [0.25, 0.3) is 5.91 Å². The highest BCUT2D eigenvalue weighted by Crippen LogP contribution is 2.36. The van der Waals surface area contributed by atoms with Crippen LogP contribution in [0.15, 0.2) is 78.9 Å². The molecule has 7 nitrogen and oxygen atoms in total. The molecule has 0 radical (unpaired) electrons. The molecular formula is C31H37N3O4SSi. The first-order valence-corrected chi connectivity index (χ1v) is 18.8. The molecule has 2 aliphatic rings. The number of hydrogen-bond donors (Lipinski definition) is 1. The standard InChI is InChI=1S/C31H37N3O4SSi/c1-40(2,3)18-17-33-31(35)22-34(39(33,36)37)29-16-14-24(19-30(29)38-23-25-9-5-4-6-10-25)13-15-28-20-26-11-7-8-12-27(26)21-32-28/h4-16,19,28,32H,17-18,20-23H2,1-3H3/t28-/m1/s1. The second kappa shape index (κ2) is 11.6. The summed E-state index contributed by atoms with van der Waals surface area (Å²) in [6, 6.07) is 24.6. The summed E-state index contributed by atoms with van der Waals surface area (Å²) < 4.78 is 35.5. The van der Waals surface area contributed by atoms with E-state index in [2.05, 4.69) is 55.3 Å². The number of fused-ring (bicyclic) bond motifs is 1. The predicted molar refractivity (Wildman–Crippen MR) is 163 cm³/mol. The van der Waals surface area contributed by atoms with E-state index in [9.17, 15) is 13.2 Å². The molecular weight excluding hydrogens is 539 g/mol. The van der Waals surface area contributed by atoms with E-state index in [1.807, 2.05) is 48.5 Å². The number of carbonyl (C=O) groups is 1. The van der Waals surface area contributed by atoms with Crippen LogP contribution in [0.3, 0.4) is 0 Å². The van der Waals surface area contributed by atoms with Gasteiger partial charge in [0.15, 0.2) is 0 Å². The van der Waals surface area contributed by atoms with Gasteiger partial charge in [-0.05, 0) is 46.9 Å². The molecule has 2 aliphatic heterocycles. The summed E-state index contributed by atoms with van der Waals surface area (Å²) in [7, 11) is -5.54. The van der Waals surface area contributed by atoms with Crippen molar-refractivity contribution in [1.29, 1.82) is 0 Å². The van der Waals surface area contributed by atoms with Crippen LogP contribution >= 0.6 is 0 Å². The first-order valence-electron chi connectivity index (χ1n) is 13.7. The molecule has 1 amide bonds. The molecule has 1 N–H and O–H groups in total. The third kappa shape index (κ3) is 6.49. The topological polar surface area (TPSA) is 79.0 Å². The number of nitrogens with zero attached hydrogens (tertiary/aromatic N) is 2. The van der Waals surface area contributed by atoms with Crippen molar-refractivity contribution < 1.29 is 17.9 Å². The smallest absolute Gasteiger partial charge is 0.329 e. The van der Waals surface area contributed by atoms with Crippen molar-refractivity contribution in [3.63, 3.8) is 0 Å². The summed E-state index contributed by atoms with van der Waals surface area (Å²) in [4.78, 5) is 12.9. The molecule has 2 heterocycles. The lowest BCUT2D eigenvalue weighted by atomic mass is 9.95. The number of carbonyl (C=O) groups excluding carboxylic acids is 1. The minimum Gasteiger partial charge on any atom is -0.487 e. The fourth-order valence-corrected chi connectivity index (χ4v) is 7.56. The molecule has 1 fully saturated rings. The summed E-state index contributed by atoms with van der Waals surface area (Å²) in [6.45, 7) is 7.60. The molecule has 9 heteroatoms. The Morgan fingerprint density at radius 3 is 2.48 bits per heavy atom. The van der Waals surface area contributed by atoms with E-state index in [1.54, 1.807) is 6.07 Å². The molecule has 3 aromatic carbocycles. The number of hydrogen-bond acceptors (Lipinski definition) is 5. The molecule has 40 heavy (non-hydrogen) atoms. The third-order valence-electron chi connectivity index (χ3n) is 7.30. The maximum atomic E-state index is 13.5. The van der Waals surface area contributed by atoms with E-state index in [-0.39, 0.29) is 25.7 Å². The van der Waals surface area contributed by atoms with Crippen LogP contribution in [-0.4, -0.2) is 45.8 Å². The lowest BCUT2D eigenvalue weighted by Gasteiger charge is -2.24. The molecule has 0 aliphatic carbocycles. The Hall–Kier alpha value is -3.40. The van der Waals surface area contributed by atoms with E-state index >= 15 is 0 Å². The average Bonchev–Trinajstić information content (AvgIpc) is 3.16. The van der Waals surface area contributed by atoms with Gasteiger partial charge in [0.1, 0.15) is 18.9 Å². The van der Waals surface area contributed by atoms with Gasteiger partial charge in [-0.2, -0.15) is 8.42 Å². The van der Waals surface area contributed by atoms with Gasteiger partial charge in [-0.15, -0.1) is 0 Å². The van der Waals surface area contributed by atoms with Crippen LogP contribution in [0.4, 0.5) is 5.69 Å². The van der Waals surface area contributed by atoms with Crippen molar-refractivity contribution in [2.24, 2.45) is 0 Å². The summed E-state index contributed by atoms with van der Waals surface area (Å²) in [5.74, 6) is 0.0243. The van der Waals surface area contributed by atoms with Gasteiger partial charge in [-0.3, -0.25) is 4.79 Å². The number of benzene rings is 3. The predicted octanol–water partition coefficient (Wildman–Crippen LogP) is 5.22. The van der Waals surface area contributed by atoms with Gasteiger partial charge in [0.2, 0.25) is 0 Å². The zero-order valence-electron chi connectivity index (χ0n) is 23.3. The van der Waals surface area contributed by atoms with Gasteiger partial charge in [-0.25, -0.2) is 8.61 Å². The highest BCUT2D eigenvalue weighted by Gasteiger charge is 2.43. The first kappa shape index (κ1) is 28.1. The van der Waals surface area contributed by atoms with Crippen LogP contribution in [0, 0.1) is 0 Å². The van der Waals surface area contributed by atoms with E-state index < -0.39 is 24.2 Å². The number of rotatable bonds is 9. The maximum absolute atomic E-state index is 13.5. The highest BCUT2D eigenvalue weighted by atomic mass is 32.2. The van der Waals surface area contributed by atoms with Crippen molar-refractivity contribution in [3.05, 3.63) is 101 Å². The summed E-state index contributed by atoms with van der Waals surface area (Å²) >= 11 is 0. The summed E-state index contributed by atoms with van der Waals surface area (Å²) in [5.41, 5.74) is 4.92. The van der Waals surface area contributed by atoms with Crippen molar-refractivity contribution in [1.82, 2.24) is 9.62 Å². The van der Waals surface area contributed by atoms with Crippen LogP contribution in [0.25, 0.3) is 6.08 Å². The van der Waals surface area contributed by atoms with Gasteiger partial charge >= 0.3 is 10.2 Å². The fraction of sp³-hybridized carbons (Fsp3) is 0.323.